The summed E-state index contributed by atoms with van der Waals surface area (Å²) in [5, 5.41) is 0. The van der Waals surface area contributed by atoms with E-state index in [2.05, 4.69) is 6.07 Å². The average molecular weight is 365 g/mol. The fraction of sp³-hybridized carbons (Fsp3) is 0.294. The van der Waals surface area contributed by atoms with Crippen LogP contribution in [0.4, 0.5) is 5.69 Å². The van der Waals surface area contributed by atoms with E-state index >= 15 is 0 Å². The van der Waals surface area contributed by atoms with Gasteiger partial charge in [-0.2, -0.15) is 0 Å². The molecule has 0 amide bonds. The Hall–Kier alpha value is -1.86. The highest BCUT2D eigenvalue weighted by molar-refractivity contribution is 7.91. The van der Waals surface area contributed by atoms with E-state index < -0.39 is 19.7 Å². The molecule has 0 unspecified atom stereocenters. The predicted molar refractivity (Wildman–Crippen MR) is 93.9 cm³/mol. The Morgan fingerprint density at radius 3 is 2.17 bits per heavy atom. The van der Waals surface area contributed by atoms with Crippen LogP contribution in [0.25, 0.3) is 0 Å². The van der Waals surface area contributed by atoms with Crippen molar-refractivity contribution >= 4 is 25.4 Å². The molecule has 7 heteroatoms. The maximum atomic E-state index is 12.2. The standard InChI is InChI=1S/C17H19NO4S2/c1-23(19,20)15-7-8-16(17(11-15)24(2,21)22)18-10-9-13-5-3-4-6-14(13)12-18/h3-8,11H,9-10,12H2,1-2H3. The number of nitrogens with zero attached hydrogens (tertiary/aromatic N) is 1. The first kappa shape index (κ1) is 17.0. The summed E-state index contributed by atoms with van der Waals surface area (Å²) in [4.78, 5) is 2.07. The van der Waals surface area contributed by atoms with Gasteiger partial charge >= 0.3 is 0 Å². The lowest BCUT2D eigenvalue weighted by Crippen LogP contribution is -2.31. The van der Waals surface area contributed by atoms with Gasteiger partial charge in [0, 0.05) is 25.6 Å². The third kappa shape index (κ3) is 3.32. The average Bonchev–Trinajstić information content (AvgIpc) is 2.52. The van der Waals surface area contributed by atoms with Gasteiger partial charge in [0.1, 0.15) is 0 Å². The summed E-state index contributed by atoms with van der Waals surface area (Å²) >= 11 is 0. The van der Waals surface area contributed by atoms with Crippen molar-refractivity contribution in [2.24, 2.45) is 0 Å². The van der Waals surface area contributed by atoms with Crippen molar-refractivity contribution in [1.29, 1.82) is 0 Å². The first-order chi connectivity index (χ1) is 11.2. The van der Waals surface area contributed by atoms with Crippen LogP contribution in [0.1, 0.15) is 11.1 Å². The number of hydrogen-bond acceptors (Lipinski definition) is 5. The molecule has 0 saturated carbocycles. The molecule has 0 spiro atoms. The summed E-state index contributed by atoms with van der Waals surface area (Å²) < 4.78 is 47.9. The topological polar surface area (TPSA) is 71.5 Å². The molecule has 5 nitrogen and oxygen atoms in total. The zero-order valence-corrected chi connectivity index (χ0v) is 15.2. The van der Waals surface area contributed by atoms with Crippen LogP contribution >= 0.6 is 0 Å². The molecule has 2 aromatic carbocycles. The second-order valence-electron chi connectivity index (χ2n) is 6.11. The monoisotopic (exact) mass is 365 g/mol. The molecular formula is C17H19NO4S2. The zero-order valence-electron chi connectivity index (χ0n) is 13.6. The number of hydrogen-bond donors (Lipinski definition) is 0. The Morgan fingerprint density at radius 1 is 0.875 bits per heavy atom. The Balaban J connectivity index is 2.09. The maximum absolute atomic E-state index is 12.2. The van der Waals surface area contributed by atoms with Crippen molar-refractivity contribution in [3.63, 3.8) is 0 Å². The molecule has 1 aliphatic rings. The number of rotatable bonds is 3. The Morgan fingerprint density at radius 2 is 1.54 bits per heavy atom. The summed E-state index contributed by atoms with van der Waals surface area (Å²) in [6.45, 7) is 1.30. The number of benzene rings is 2. The summed E-state index contributed by atoms with van der Waals surface area (Å²) in [6, 6.07) is 12.4. The Labute approximate surface area is 142 Å². The van der Waals surface area contributed by atoms with Crippen LogP contribution in [0.15, 0.2) is 52.3 Å². The summed E-state index contributed by atoms with van der Waals surface area (Å²) in [5.41, 5.74) is 2.98. The lowest BCUT2D eigenvalue weighted by molar-refractivity contribution is 0.599. The number of sulfone groups is 2. The van der Waals surface area contributed by atoms with Crippen molar-refractivity contribution < 1.29 is 16.8 Å². The number of fused-ring (bicyclic) bond motifs is 1. The molecule has 3 rings (SSSR count). The molecule has 0 bridgehead atoms. The smallest absolute Gasteiger partial charge is 0.177 e. The van der Waals surface area contributed by atoms with Gasteiger partial charge in [-0.25, -0.2) is 16.8 Å². The van der Waals surface area contributed by atoms with E-state index in [0.717, 1.165) is 24.5 Å². The van der Waals surface area contributed by atoms with E-state index in [1.807, 2.05) is 23.1 Å². The summed E-state index contributed by atoms with van der Waals surface area (Å²) in [5.74, 6) is 0. The molecule has 0 aliphatic carbocycles. The van der Waals surface area contributed by atoms with Crippen LogP contribution in [-0.2, 0) is 32.6 Å². The molecule has 0 atom stereocenters. The SMILES string of the molecule is CS(=O)(=O)c1ccc(N2CCc3ccccc3C2)c(S(C)(=O)=O)c1. The van der Waals surface area contributed by atoms with Crippen molar-refractivity contribution in [1.82, 2.24) is 0 Å². The molecule has 24 heavy (non-hydrogen) atoms. The third-order valence-electron chi connectivity index (χ3n) is 4.23. The van der Waals surface area contributed by atoms with Crippen LogP contribution in [-0.4, -0.2) is 35.9 Å². The molecule has 0 aromatic heterocycles. The molecule has 0 N–H and O–H groups in total. The van der Waals surface area contributed by atoms with Crippen molar-refractivity contribution in [2.75, 3.05) is 24.0 Å². The van der Waals surface area contributed by atoms with E-state index in [-0.39, 0.29) is 9.79 Å². The van der Waals surface area contributed by atoms with Gasteiger partial charge in [-0.05, 0) is 35.7 Å². The number of anilines is 1. The van der Waals surface area contributed by atoms with Gasteiger partial charge in [0.2, 0.25) is 0 Å². The zero-order chi connectivity index (χ0) is 17.5. The highest BCUT2D eigenvalue weighted by Crippen LogP contribution is 2.32. The lowest BCUT2D eigenvalue weighted by atomic mass is 9.99. The normalized spacial score (nSPS) is 15.2. The largest absolute Gasteiger partial charge is 0.366 e. The van der Waals surface area contributed by atoms with Crippen molar-refractivity contribution in [2.45, 2.75) is 22.8 Å². The van der Waals surface area contributed by atoms with Crippen LogP contribution in [0, 0.1) is 0 Å². The van der Waals surface area contributed by atoms with Crippen LogP contribution in [0.3, 0.4) is 0 Å². The van der Waals surface area contributed by atoms with E-state index in [0.29, 0.717) is 18.8 Å². The van der Waals surface area contributed by atoms with E-state index in [4.69, 9.17) is 0 Å². The van der Waals surface area contributed by atoms with Crippen LogP contribution < -0.4 is 4.90 Å². The quantitative estimate of drug-likeness (QED) is 0.832. The van der Waals surface area contributed by atoms with Gasteiger partial charge in [-0.15, -0.1) is 0 Å². The molecule has 128 valence electrons. The summed E-state index contributed by atoms with van der Waals surface area (Å²) in [7, 11) is -7.01. The van der Waals surface area contributed by atoms with Gasteiger partial charge in [-0.3, -0.25) is 0 Å². The first-order valence-corrected chi connectivity index (χ1v) is 11.3. The minimum absolute atomic E-state index is 0.0177. The van der Waals surface area contributed by atoms with Crippen molar-refractivity contribution in [3.8, 4) is 0 Å². The second-order valence-corrected chi connectivity index (χ2v) is 10.1. The lowest BCUT2D eigenvalue weighted by Gasteiger charge is -2.32. The fourth-order valence-electron chi connectivity index (χ4n) is 2.98. The molecule has 0 saturated heterocycles. The fourth-order valence-corrected chi connectivity index (χ4v) is 4.62. The third-order valence-corrected chi connectivity index (χ3v) is 6.47. The molecule has 1 aliphatic heterocycles. The van der Waals surface area contributed by atoms with Crippen LogP contribution in [0.5, 0.6) is 0 Å². The minimum Gasteiger partial charge on any atom is -0.366 e. The van der Waals surface area contributed by atoms with E-state index in [1.165, 1.54) is 17.7 Å². The van der Waals surface area contributed by atoms with Gasteiger partial charge in [0.15, 0.2) is 19.7 Å². The van der Waals surface area contributed by atoms with Gasteiger partial charge < -0.3 is 4.90 Å². The van der Waals surface area contributed by atoms with Crippen molar-refractivity contribution in [3.05, 3.63) is 53.6 Å². The summed E-state index contributed by atoms with van der Waals surface area (Å²) in [6.07, 6.45) is 3.01. The molecule has 2 aromatic rings. The Kier molecular flexibility index (Phi) is 4.17. The van der Waals surface area contributed by atoms with Gasteiger partial charge in [0.05, 0.1) is 15.5 Å². The molecular weight excluding hydrogens is 346 g/mol. The maximum Gasteiger partial charge on any atom is 0.177 e. The van der Waals surface area contributed by atoms with Gasteiger partial charge in [-0.1, -0.05) is 24.3 Å². The highest BCUT2D eigenvalue weighted by atomic mass is 32.2. The van der Waals surface area contributed by atoms with E-state index in [9.17, 15) is 16.8 Å². The molecule has 1 heterocycles. The molecule has 0 fully saturated rings. The van der Waals surface area contributed by atoms with E-state index in [1.54, 1.807) is 6.07 Å². The Bertz CT molecular complexity index is 995. The van der Waals surface area contributed by atoms with Gasteiger partial charge in [0.25, 0.3) is 0 Å². The molecule has 0 radical (unpaired) electrons. The minimum atomic E-state index is -3.55. The van der Waals surface area contributed by atoms with Crippen LogP contribution in [0.2, 0.25) is 0 Å². The first-order valence-electron chi connectivity index (χ1n) is 7.52. The highest BCUT2D eigenvalue weighted by Gasteiger charge is 2.24. The predicted octanol–water partition coefficient (Wildman–Crippen LogP) is 2.06. The second kappa shape index (κ2) is 5.89.